The lowest BCUT2D eigenvalue weighted by Crippen LogP contribution is -2.14. The highest BCUT2D eigenvalue weighted by Gasteiger charge is 2.05. The Morgan fingerprint density at radius 1 is 1.26 bits per heavy atom. The number of benzene rings is 2. The predicted molar refractivity (Wildman–Crippen MR) is 79.4 cm³/mol. The quantitative estimate of drug-likeness (QED) is 0.843. The highest BCUT2D eigenvalue weighted by atomic mass is 35.5. The van der Waals surface area contributed by atoms with Crippen molar-refractivity contribution in [3.8, 4) is 0 Å². The van der Waals surface area contributed by atoms with Crippen molar-refractivity contribution in [2.45, 2.75) is 13.3 Å². The molecule has 4 heteroatoms. The molecular formula is C15H15ClN2O. The maximum Gasteiger partial charge on any atom is 0.228 e. The Labute approximate surface area is 117 Å². The van der Waals surface area contributed by atoms with E-state index in [1.54, 1.807) is 18.2 Å². The molecule has 0 aliphatic heterocycles. The van der Waals surface area contributed by atoms with Crippen molar-refractivity contribution < 1.29 is 4.79 Å². The zero-order valence-corrected chi connectivity index (χ0v) is 11.4. The fourth-order valence-electron chi connectivity index (χ4n) is 1.83. The maximum atomic E-state index is 11.9. The van der Waals surface area contributed by atoms with Gasteiger partial charge in [-0.15, -0.1) is 0 Å². The lowest BCUT2D eigenvalue weighted by Gasteiger charge is -2.07. The molecule has 0 aromatic heterocycles. The summed E-state index contributed by atoms with van der Waals surface area (Å²) in [4.78, 5) is 11.9. The van der Waals surface area contributed by atoms with Crippen LogP contribution in [0.5, 0.6) is 0 Å². The molecule has 2 aromatic rings. The number of rotatable bonds is 3. The minimum absolute atomic E-state index is 0.0766. The number of amides is 1. The minimum Gasteiger partial charge on any atom is -0.397 e. The molecule has 0 heterocycles. The smallest absolute Gasteiger partial charge is 0.228 e. The normalized spacial score (nSPS) is 10.2. The topological polar surface area (TPSA) is 55.1 Å². The number of hydrogen-bond acceptors (Lipinski definition) is 2. The lowest BCUT2D eigenvalue weighted by atomic mass is 10.1. The summed E-state index contributed by atoms with van der Waals surface area (Å²) in [6.45, 7) is 2.00. The summed E-state index contributed by atoms with van der Waals surface area (Å²) in [7, 11) is 0. The molecule has 19 heavy (non-hydrogen) atoms. The Balaban J connectivity index is 2.03. The molecule has 2 aromatic carbocycles. The number of nitrogens with two attached hydrogens (primary N) is 1. The van der Waals surface area contributed by atoms with Crippen molar-refractivity contribution in [1.82, 2.24) is 0 Å². The van der Waals surface area contributed by atoms with Crippen LogP contribution >= 0.6 is 11.6 Å². The zero-order chi connectivity index (χ0) is 13.8. The molecule has 0 saturated carbocycles. The number of nitrogens with one attached hydrogen (secondary N) is 1. The first-order chi connectivity index (χ1) is 9.04. The molecule has 0 fully saturated rings. The van der Waals surface area contributed by atoms with Crippen LogP contribution in [0.3, 0.4) is 0 Å². The van der Waals surface area contributed by atoms with Crippen LogP contribution < -0.4 is 11.1 Å². The summed E-state index contributed by atoms with van der Waals surface area (Å²) in [6, 6.07) is 12.9. The SMILES string of the molecule is Cc1cccc(CC(=O)Nc2ccc(Cl)c(N)c2)c1. The van der Waals surface area contributed by atoms with E-state index in [1.807, 2.05) is 31.2 Å². The molecule has 2 rings (SSSR count). The van der Waals surface area contributed by atoms with Gasteiger partial charge in [-0.1, -0.05) is 41.4 Å². The molecule has 0 bridgehead atoms. The van der Waals surface area contributed by atoms with Crippen molar-refractivity contribution >= 4 is 28.9 Å². The Bertz CT molecular complexity index is 611. The van der Waals surface area contributed by atoms with Gasteiger partial charge in [0.05, 0.1) is 17.1 Å². The van der Waals surface area contributed by atoms with Crippen LogP contribution in [0.15, 0.2) is 42.5 Å². The molecule has 0 saturated heterocycles. The van der Waals surface area contributed by atoms with Gasteiger partial charge in [-0.2, -0.15) is 0 Å². The van der Waals surface area contributed by atoms with Gasteiger partial charge in [0.25, 0.3) is 0 Å². The third-order valence-corrected chi connectivity index (χ3v) is 3.07. The molecule has 98 valence electrons. The second-order valence-corrected chi connectivity index (χ2v) is 4.86. The van der Waals surface area contributed by atoms with Crippen LogP contribution in [0, 0.1) is 6.92 Å². The second kappa shape index (κ2) is 5.76. The summed E-state index contributed by atoms with van der Waals surface area (Å²) in [5.74, 6) is -0.0766. The number of nitrogen functional groups attached to an aromatic ring is 1. The van der Waals surface area contributed by atoms with E-state index in [-0.39, 0.29) is 5.91 Å². The Kier molecular flexibility index (Phi) is 4.07. The van der Waals surface area contributed by atoms with E-state index in [2.05, 4.69) is 5.32 Å². The average molecular weight is 275 g/mol. The fourth-order valence-corrected chi connectivity index (χ4v) is 1.95. The molecule has 0 atom stereocenters. The lowest BCUT2D eigenvalue weighted by molar-refractivity contribution is -0.115. The van der Waals surface area contributed by atoms with Crippen LogP contribution in [0.1, 0.15) is 11.1 Å². The predicted octanol–water partition coefficient (Wildman–Crippen LogP) is 3.41. The number of hydrogen-bond donors (Lipinski definition) is 2. The zero-order valence-electron chi connectivity index (χ0n) is 10.6. The highest BCUT2D eigenvalue weighted by molar-refractivity contribution is 6.33. The van der Waals surface area contributed by atoms with Gasteiger partial charge in [-0.05, 0) is 30.7 Å². The molecule has 0 aliphatic rings. The monoisotopic (exact) mass is 274 g/mol. The number of halogens is 1. The van der Waals surface area contributed by atoms with E-state index in [0.717, 1.165) is 11.1 Å². The molecule has 0 spiro atoms. The number of aryl methyl sites for hydroxylation is 1. The standard InChI is InChI=1S/C15H15ClN2O/c1-10-3-2-4-11(7-10)8-15(19)18-12-5-6-13(16)14(17)9-12/h2-7,9H,8,17H2,1H3,(H,18,19). The van der Waals surface area contributed by atoms with Crippen LogP contribution in [-0.4, -0.2) is 5.91 Å². The van der Waals surface area contributed by atoms with Gasteiger partial charge in [0, 0.05) is 5.69 Å². The summed E-state index contributed by atoms with van der Waals surface area (Å²) >= 11 is 5.83. The summed E-state index contributed by atoms with van der Waals surface area (Å²) in [5.41, 5.74) is 8.92. The molecule has 0 radical (unpaired) electrons. The third-order valence-electron chi connectivity index (χ3n) is 2.73. The van der Waals surface area contributed by atoms with Crippen molar-refractivity contribution in [2.75, 3.05) is 11.1 Å². The van der Waals surface area contributed by atoms with Gasteiger partial charge in [0.1, 0.15) is 0 Å². The van der Waals surface area contributed by atoms with Crippen molar-refractivity contribution in [2.24, 2.45) is 0 Å². The van der Waals surface area contributed by atoms with E-state index >= 15 is 0 Å². The summed E-state index contributed by atoms with van der Waals surface area (Å²) < 4.78 is 0. The Morgan fingerprint density at radius 2 is 2.05 bits per heavy atom. The van der Waals surface area contributed by atoms with Crippen molar-refractivity contribution in [3.63, 3.8) is 0 Å². The maximum absolute atomic E-state index is 11.9. The van der Waals surface area contributed by atoms with E-state index in [4.69, 9.17) is 17.3 Å². The largest absolute Gasteiger partial charge is 0.397 e. The molecule has 3 N–H and O–H groups in total. The van der Waals surface area contributed by atoms with E-state index in [9.17, 15) is 4.79 Å². The molecule has 3 nitrogen and oxygen atoms in total. The third kappa shape index (κ3) is 3.73. The van der Waals surface area contributed by atoms with E-state index < -0.39 is 0 Å². The van der Waals surface area contributed by atoms with E-state index in [1.165, 1.54) is 0 Å². The van der Waals surface area contributed by atoms with Crippen molar-refractivity contribution in [3.05, 3.63) is 58.6 Å². The number of carbonyl (C=O) groups is 1. The van der Waals surface area contributed by atoms with Crippen LogP contribution in [0.25, 0.3) is 0 Å². The summed E-state index contributed by atoms with van der Waals surface area (Å²) in [6.07, 6.45) is 0.338. The first-order valence-corrected chi connectivity index (χ1v) is 6.33. The second-order valence-electron chi connectivity index (χ2n) is 4.45. The minimum atomic E-state index is -0.0766. The van der Waals surface area contributed by atoms with E-state index in [0.29, 0.717) is 22.8 Å². The Hall–Kier alpha value is -2.00. The molecule has 0 unspecified atom stereocenters. The summed E-state index contributed by atoms with van der Waals surface area (Å²) in [5, 5.41) is 3.28. The van der Waals surface area contributed by atoms with Gasteiger partial charge >= 0.3 is 0 Å². The van der Waals surface area contributed by atoms with Gasteiger partial charge in [0.15, 0.2) is 0 Å². The highest BCUT2D eigenvalue weighted by Crippen LogP contribution is 2.22. The van der Waals surface area contributed by atoms with Gasteiger partial charge < -0.3 is 11.1 Å². The van der Waals surface area contributed by atoms with Gasteiger partial charge in [-0.3, -0.25) is 4.79 Å². The molecular weight excluding hydrogens is 260 g/mol. The van der Waals surface area contributed by atoms with Crippen LogP contribution in [0.4, 0.5) is 11.4 Å². The number of anilines is 2. The molecule has 1 amide bonds. The van der Waals surface area contributed by atoms with Gasteiger partial charge in [0.2, 0.25) is 5.91 Å². The Morgan fingerprint density at radius 3 is 2.74 bits per heavy atom. The fraction of sp³-hybridized carbons (Fsp3) is 0.133. The first-order valence-electron chi connectivity index (χ1n) is 5.95. The van der Waals surface area contributed by atoms with Crippen LogP contribution in [0.2, 0.25) is 5.02 Å². The first kappa shape index (κ1) is 13.4. The molecule has 0 aliphatic carbocycles. The van der Waals surface area contributed by atoms with Gasteiger partial charge in [-0.25, -0.2) is 0 Å². The van der Waals surface area contributed by atoms with Crippen LogP contribution in [-0.2, 0) is 11.2 Å². The van der Waals surface area contributed by atoms with Crippen molar-refractivity contribution in [1.29, 1.82) is 0 Å². The number of carbonyl (C=O) groups excluding carboxylic acids is 1. The average Bonchev–Trinajstić information content (AvgIpc) is 2.34.